The Morgan fingerprint density at radius 2 is 2.21 bits per heavy atom. The van der Waals surface area contributed by atoms with E-state index in [1.54, 1.807) is 12.4 Å². The van der Waals surface area contributed by atoms with E-state index in [2.05, 4.69) is 14.9 Å². The zero-order chi connectivity index (χ0) is 9.97. The molecule has 0 amide bonds. The van der Waals surface area contributed by atoms with Gasteiger partial charge in [0.15, 0.2) is 0 Å². The van der Waals surface area contributed by atoms with Crippen molar-refractivity contribution < 1.29 is 5.11 Å². The lowest BCUT2D eigenvalue weighted by Gasteiger charge is -2.15. The van der Waals surface area contributed by atoms with Gasteiger partial charge < -0.3 is 10.0 Å². The maximum absolute atomic E-state index is 8.99. The minimum atomic E-state index is 0.240. The van der Waals surface area contributed by atoms with Crippen LogP contribution in [0, 0.1) is 5.92 Å². The number of anilines is 1. The van der Waals surface area contributed by atoms with E-state index in [0.717, 1.165) is 19.5 Å². The minimum absolute atomic E-state index is 0.240. The third-order valence-electron chi connectivity index (χ3n) is 2.43. The number of aliphatic hydroxyl groups excluding tert-OH is 1. The van der Waals surface area contributed by atoms with Crippen LogP contribution in [0.4, 0.5) is 5.95 Å². The summed E-state index contributed by atoms with van der Waals surface area (Å²) in [6, 6.07) is 0. The molecule has 1 N–H and O–H groups in total. The molecule has 0 radical (unpaired) electrons. The molecule has 2 heterocycles. The highest BCUT2D eigenvalue weighted by atomic mass is 35.5. The van der Waals surface area contributed by atoms with Crippen LogP contribution in [0.25, 0.3) is 0 Å². The predicted molar refractivity (Wildman–Crippen MR) is 54.4 cm³/mol. The largest absolute Gasteiger partial charge is 0.396 e. The number of nitrogens with zero attached hydrogens (tertiary/aromatic N) is 3. The monoisotopic (exact) mass is 213 g/mol. The van der Waals surface area contributed by atoms with E-state index < -0.39 is 0 Å². The van der Waals surface area contributed by atoms with E-state index in [-0.39, 0.29) is 6.61 Å². The van der Waals surface area contributed by atoms with Crippen LogP contribution >= 0.6 is 11.6 Å². The van der Waals surface area contributed by atoms with Crippen LogP contribution in [-0.4, -0.2) is 34.8 Å². The molecule has 0 bridgehead atoms. The zero-order valence-corrected chi connectivity index (χ0v) is 8.48. The van der Waals surface area contributed by atoms with Crippen molar-refractivity contribution in [1.82, 2.24) is 9.97 Å². The van der Waals surface area contributed by atoms with E-state index >= 15 is 0 Å². The van der Waals surface area contributed by atoms with Gasteiger partial charge >= 0.3 is 0 Å². The molecule has 1 saturated heterocycles. The maximum Gasteiger partial charge on any atom is 0.225 e. The topological polar surface area (TPSA) is 49.2 Å². The average molecular weight is 214 g/mol. The molecular weight excluding hydrogens is 202 g/mol. The standard InChI is InChI=1S/C9H12ClN3O/c10-8-3-11-9(12-4-8)13-2-1-7(5-13)6-14/h3-4,7,14H,1-2,5-6H2. The summed E-state index contributed by atoms with van der Waals surface area (Å²) in [5.41, 5.74) is 0. The van der Waals surface area contributed by atoms with Gasteiger partial charge in [0.1, 0.15) is 0 Å². The lowest BCUT2D eigenvalue weighted by atomic mass is 10.1. The highest BCUT2D eigenvalue weighted by Gasteiger charge is 2.23. The fourth-order valence-corrected chi connectivity index (χ4v) is 1.73. The first-order valence-electron chi connectivity index (χ1n) is 4.63. The van der Waals surface area contributed by atoms with Crippen LogP contribution in [0.3, 0.4) is 0 Å². The van der Waals surface area contributed by atoms with Crippen LogP contribution < -0.4 is 4.90 Å². The van der Waals surface area contributed by atoms with Crippen molar-refractivity contribution in [3.8, 4) is 0 Å². The van der Waals surface area contributed by atoms with Gasteiger partial charge in [-0.1, -0.05) is 11.6 Å². The first kappa shape index (κ1) is 9.68. The van der Waals surface area contributed by atoms with Crippen molar-refractivity contribution in [1.29, 1.82) is 0 Å². The second-order valence-corrected chi connectivity index (χ2v) is 3.92. The number of hydrogen-bond acceptors (Lipinski definition) is 4. The number of aromatic nitrogens is 2. The molecule has 1 atom stereocenters. The van der Waals surface area contributed by atoms with Gasteiger partial charge in [-0.15, -0.1) is 0 Å². The summed E-state index contributed by atoms with van der Waals surface area (Å²) >= 11 is 5.69. The highest BCUT2D eigenvalue weighted by Crippen LogP contribution is 2.20. The summed E-state index contributed by atoms with van der Waals surface area (Å²) in [4.78, 5) is 10.3. The van der Waals surface area contributed by atoms with Crippen LogP contribution in [-0.2, 0) is 0 Å². The Labute approximate surface area is 87.5 Å². The fourth-order valence-electron chi connectivity index (χ4n) is 1.63. The third kappa shape index (κ3) is 1.96. The van der Waals surface area contributed by atoms with Crippen LogP contribution in [0.5, 0.6) is 0 Å². The van der Waals surface area contributed by atoms with Crippen LogP contribution in [0.1, 0.15) is 6.42 Å². The number of hydrogen-bond donors (Lipinski definition) is 1. The Morgan fingerprint density at radius 3 is 2.79 bits per heavy atom. The number of rotatable bonds is 2. The Morgan fingerprint density at radius 1 is 1.50 bits per heavy atom. The number of halogens is 1. The maximum atomic E-state index is 8.99. The third-order valence-corrected chi connectivity index (χ3v) is 2.63. The molecule has 76 valence electrons. The Balaban J connectivity index is 2.06. The van der Waals surface area contributed by atoms with Crippen molar-refractivity contribution >= 4 is 17.5 Å². The summed E-state index contributed by atoms with van der Waals surface area (Å²) in [6.45, 7) is 1.98. The molecule has 0 aromatic carbocycles. The molecule has 4 nitrogen and oxygen atoms in total. The Kier molecular flexibility index (Phi) is 2.84. The molecular formula is C9H12ClN3O. The van der Waals surface area contributed by atoms with Crippen molar-refractivity contribution in [3.05, 3.63) is 17.4 Å². The Bertz CT molecular complexity index is 303. The van der Waals surface area contributed by atoms with E-state index in [4.69, 9.17) is 16.7 Å². The van der Waals surface area contributed by atoms with E-state index in [9.17, 15) is 0 Å². The molecule has 0 saturated carbocycles. The lowest BCUT2D eigenvalue weighted by Crippen LogP contribution is -2.22. The molecule has 5 heteroatoms. The molecule has 1 unspecified atom stereocenters. The quantitative estimate of drug-likeness (QED) is 0.795. The van der Waals surface area contributed by atoms with E-state index in [0.29, 0.717) is 16.9 Å². The van der Waals surface area contributed by atoms with Gasteiger partial charge in [-0.05, 0) is 6.42 Å². The minimum Gasteiger partial charge on any atom is -0.396 e. The molecule has 1 fully saturated rings. The second-order valence-electron chi connectivity index (χ2n) is 3.48. The smallest absolute Gasteiger partial charge is 0.225 e. The van der Waals surface area contributed by atoms with Crippen molar-refractivity contribution in [2.45, 2.75) is 6.42 Å². The average Bonchev–Trinajstić information content (AvgIpc) is 2.67. The molecule has 1 aliphatic rings. The molecule has 1 aromatic rings. The van der Waals surface area contributed by atoms with E-state index in [1.165, 1.54) is 0 Å². The summed E-state index contributed by atoms with van der Waals surface area (Å²) in [7, 11) is 0. The van der Waals surface area contributed by atoms with E-state index in [1.807, 2.05) is 0 Å². The van der Waals surface area contributed by atoms with Gasteiger partial charge in [-0.3, -0.25) is 0 Å². The molecule has 1 aliphatic heterocycles. The summed E-state index contributed by atoms with van der Waals surface area (Å²) < 4.78 is 0. The molecule has 0 aliphatic carbocycles. The molecule has 14 heavy (non-hydrogen) atoms. The molecule has 0 spiro atoms. The van der Waals surface area contributed by atoms with Crippen molar-refractivity contribution in [2.24, 2.45) is 5.92 Å². The van der Waals surface area contributed by atoms with Gasteiger partial charge in [0.25, 0.3) is 0 Å². The molecule has 2 rings (SSSR count). The SMILES string of the molecule is OCC1CCN(c2ncc(Cl)cn2)C1. The van der Waals surface area contributed by atoms with Crippen molar-refractivity contribution in [2.75, 3.05) is 24.6 Å². The first-order chi connectivity index (χ1) is 6.79. The van der Waals surface area contributed by atoms with Crippen molar-refractivity contribution in [3.63, 3.8) is 0 Å². The zero-order valence-electron chi connectivity index (χ0n) is 7.73. The summed E-state index contributed by atoms with van der Waals surface area (Å²) in [5, 5.41) is 9.53. The predicted octanol–water partition coefficient (Wildman–Crippen LogP) is 0.949. The Hall–Kier alpha value is -0.870. The normalized spacial score (nSPS) is 21.6. The summed E-state index contributed by atoms with van der Waals surface area (Å²) in [5.74, 6) is 1.06. The van der Waals surface area contributed by atoms with Gasteiger partial charge in [0, 0.05) is 25.6 Å². The number of aliphatic hydroxyl groups is 1. The van der Waals surface area contributed by atoms with Crippen LogP contribution in [0.15, 0.2) is 12.4 Å². The van der Waals surface area contributed by atoms with Gasteiger partial charge in [0.05, 0.1) is 17.4 Å². The molecule has 1 aromatic heterocycles. The second kappa shape index (κ2) is 4.11. The van der Waals surface area contributed by atoms with Gasteiger partial charge in [-0.25, -0.2) is 9.97 Å². The fraction of sp³-hybridized carbons (Fsp3) is 0.556. The van der Waals surface area contributed by atoms with Crippen LogP contribution in [0.2, 0.25) is 5.02 Å². The lowest BCUT2D eigenvalue weighted by molar-refractivity contribution is 0.238. The highest BCUT2D eigenvalue weighted by molar-refractivity contribution is 6.30. The van der Waals surface area contributed by atoms with Gasteiger partial charge in [-0.2, -0.15) is 0 Å². The first-order valence-corrected chi connectivity index (χ1v) is 5.00. The van der Waals surface area contributed by atoms with Gasteiger partial charge in [0.2, 0.25) is 5.95 Å². The summed E-state index contributed by atoms with van der Waals surface area (Å²) in [6.07, 6.45) is 4.19.